The fraction of sp³-hybridized carbons (Fsp3) is 0.273. The smallest absolute Gasteiger partial charge is 0.274 e. The molecule has 1 amide bonds. The lowest BCUT2D eigenvalue weighted by Crippen LogP contribution is -2.49. The van der Waals surface area contributed by atoms with E-state index < -0.39 is 0 Å². The molecule has 2 aliphatic heterocycles. The Morgan fingerprint density at radius 3 is 2.38 bits per heavy atom. The third kappa shape index (κ3) is 3.40. The number of carbonyl (C=O) groups excluding carboxylic acids is 1. The molecule has 0 saturated carbocycles. The molecule has 0 N–H and O–H groups in total. The second-order valence-electron chi connectivity index (χ2n) is 7.26. The molecule has 0 unspecified atom stereocenters. The Kier molecular flexibility index (Phi) is 4.56. The fourth-order valence-corrected chi connectivity index (χ4v) is 3.99. The molecule has 1 fully saturated rings. The van der Waals surface area contributed by atoms with Crippen LogP contribution in [0.15, 0.2) is 61.1 Å². The summed E-state index contributed by atoms with van der Waals surface area (Å²) in [4.78, 5) is 32.4. The molecule has 29 heavy (non-hydrogen) atoms. The molecule has 3 aromatic rings. The van der Waals surface area contributed by atoms with Gasteiger partial charge in [-0.05, 0) is 30.2 Å². The van der Waals surface area contributed by atoms with Gasteiger partial charge in [-0.3, -0.25) is 4.79 Å². The van der Waals surface area contributed by atoms with Crippen LogP contribution in [0.1, 0.15) is 16.1 Å². The van der Waals surface area contributed by atoms with Crippen molar-refractivity contribution in [2.24, 2.45) is 0 Å². The minimum atomic E-state index is -0.0634. The van der Waals surface area contributed by atoms with Crippen LogP contribution in [0.25, 0.3) is 0 Å². The molecule has 0 spiro atoms. The van der Waals surface area contributed by atoms with Crippen molar-refractivity contribution in [3.8, 4) is 0 Å². The van der Waals surface area contributed by atoms with Crippen LogP contribution in [-0.2, 0) is 6.42 Å². The van der Waals surface area contributed by atoms with E-state index in [0.717, 1.165) is 37.7 Å². The maximum Gasteiger partial charge on any atom is 0.274 e. The number of pyridine rings is 1. The van der Waals surface area contributed by atoms with E-state index in [1.165, 1.54) is 11.3 Å². The van der Waals surface area contributed by atoms with Gasteiger partial charge in [0.15, 0.2) is 5.82 Å². The van der Waals surface area contributed by atoms with Gasteiger partial charge in [0, 0.05) is 44.6 Å². The Bertz CT molecular complexity index is 999. The summed E-state index contributed by atoms with van der Waals surface area (Å²) >= 11 is 0. The summed E-state index contributed by atoms with van der Waals surface area (Å²) < 4.78 is 0. The maximum absolute atomic E-state index is 12.8. The topological polar surface area (TPSA) is 65.5 Å². The van der Waals surface area contributed by atoms with E-state index in [9.17, 15) is 4.79 Å². The minimum absolute atomic E-state index is 0.0634. The van der Waals surface area contributed by atoms with Crippen molar-refractivity contribution in [3.63, 3.8) is 0 Å². The molecule has 2 aliphatic rings. The molecule has 4 heterocycles. The highest BCUT2D eigenvalue weighted by Crippen LogP contribution is 2.32. The van der Waals surface area contributed by atoms with Crippen molar-refractivity contribution in [3.05, 3.63) is 72.3 Å². The monoisotopic (exact) mass is 386 g/mol. The molecule has 5 rings (SSSR count). The predicted octanol–water partition coefficient (Wildman–Crippen LogP) is 2.53. The number of amides is 1. The number of aromatic nitrogens is 3. The SMILES string of the molecule is O=C(c1cnc(N2CCc3ccccc32)cn1)N1CCN(c2ccccn2)CC1. The van der Waals surface area contributed by atoms with Gasteiger partial charge in [0.05, 0.1) is 12.4 Å². The van der Waals surface area contributed by atoms with E-state index in [0.29, 0.717) is 18.8 Å². The van der Waals surface area contributed by atoms with Gasteiger partial charge in [-0.2, -0.15) is 0 Å². The van der Waals surface area contributed by atoms with Crippen molar-refractivity contribution in [2.45, 2.75) is 6.42 Å². The van der Waals surface area contributed by atoms with Crippen LogP contribution >= 0.6 is 0 Å². The molecule has 0 aliphatic carbocycles. The van der Waals surface area contributed by atoms with Crippen molar-refractivity contribution < 1.29 is 4.79 Å². The van der Waals surface area contributed by atoms with Crippen LogP contribution in [0.2, 0.25) is 0 Å². The second kappa shape index (κ2) is 7.50. The van der Waals surface area contributed by atoms with E-state index in [4.69, 9.17) is 0 Å². The molecule has 146 valence electrons. The molecule has 0 bridgehead atoms. The lowest BCUT2D eigenvalue weighted by atomic mass is 10.2. The molecule has 0 radical (unpaired) electrons. The first-order valence-electron chi connectivity index (χ1n) is 9.92. The molecule has 7 heteroatoms. The first-order valence-corrected chi connectivity index (χ1v) is 9.92. The summed E-state index contributed by atoms with van der Waals surface area (Å²) in [7, 11) is 0. The average molecular weight is 386 g/mol. The van der Waals surface area contributed by atoms with Gasteiger partial charge in [-0.15, -0.1) is 0 Å². The Labute approximate surface area is 169 Å². The third-order valence-electron chi connectivity index (χ3n) is 5.56. The molecular formula is C22H22N6O. The van der Waals surface area contributed by atoms with Crippen LogP contribution in [0.3, 0.4) is 0 Å². The summed E-state index contributed by atoms with van der Waals surface area (Å²) in [5.41, 5.74) is 2.89. The minimum Gasteiger partial charge on any atom is -0.353 e. The van der Waals surface area contributed by atoms with Crippen molar-refractivity contribution in [2.75, 3.05) is 42.5 Å². The zero-order chi connectivity index (χ0) is 19.6. The number of carbonyl (C=O) groups is 1. The lowest BCUT2D eigenvalue weighted by molar-refractivity contribution is 0.0740. The third-order valence-corrected chi connectivity index (χ3v) is 5.56. The van der Waals surface area contributed by atoms with Crippen molar-refractivity contribution in [1.29, 1.82) is 0 Å². The van der Waals surface area contributed by atoms with E-state index >= 15 is 0 Å². The standard InChI is InChI=1S/C22H22N6O/c29-22(27-13-11-26(12-14-27)20-7-3-4-9-23-20)18-15-25-21(16-24-18)28-10-8-17-5-1-2-6-19(17)28/h1-7,9,15-16H,8,10-14H2. The maximum atomic E-state index is 12.8. The van der Waals surface area contributed by atoms with Gasteiger partial charge in [-0.25, -0.2) is 15.0 Å². The second-order valence-corrected chi connectivity index (χ2v) is 7.26. The zero-order valence-electron chi connectivity index (χ0n) is 16.1. The van der Waals surface area contributed by atoms with Gasteiger partial charge >= 0.3 is 0 Å². The molecular weight excluding hydrogens is 364 g/mol. The number of anilines is 3. The zero-order valence-corrected chi connectivity index (χ0v) is 16.1. The normalized spacial score (nSPS) is 16.1. The Balaban J connectivity index is 1.25. The van der Waals surface area contributed by atoms with E-state index in [1.807, 2.05) is 29.2 Å². The Morgan fingerprint density at radius 2 is 1.62 bits per heavy atom. The number of hydrogen-bond donors (Lipinski definition) is 0. The first kappa shape index (κ1) is 17.6. The summed E-state index contributed by atoms with van der Waals surface area (Å²) in [6.45, 7) is 3.71. The van der Waals surface area contributed by atoms with Crippen LogP contribution < -0.4 is 9.80 Å². The predicted molar refractivity (Wildman–Crippen MR) is 112 cm³/mol. The number of benzene rings is 1. The number of piperazine rings is 1. The highest BCUT2D eigenvalue weighted by Gasteiger charge is 2.25. The molecule has 7 nitrogen and oxygen atoms in total. The van der Waals surface area contributed by atoms with Gasteiger partial charge < -0.3 is 14.7 Å². The van der Waals surface area contributed by atoms with Crippen LogP contribution in [0, 0.1) is 0 Å². The van der Waals surface area contributed by atoms with E-state index in [-0.39, 0.29) is 5.91 Å². The Hall–Kier alpha value is -3.48. The number of hydrogen-bond acceptors (Lipinski definition) is 6. The fourth-order valence-electron chi connectivity index (χ4n) is 3.99. The molecule has 1 aromatic carbocycles. The highest BCUT2D eigenvalue weighted by atomic mass is 16.2. The largest absolute Gasteiger partial charge is 0.353 e. The van der Waals surface area contributed by atoms with Gasteiger partial charge in [0.1, 0.15) is 11.5 Å². The van der Waals surface area contributed by atoms with Gasteiger partial charge in [0.2, 0.25) is 0 Å². The Morgan fingerprint density at radius 1 is 0.793 bits per heavy atom. The van der Waals surface area contributed by atoms with Crippen LogP contribution in [0.4, 0.5) is 17.3 Å². The van der Waals surface area contributed by atoms with Crippen molar-refractivity contribution >= 4 is 23.2 Å². The van der Waals surface area contributed by atoms with Gasteiger partial charge in [0.25, 0.3) is 5.91 Å². The quantitative estimate of drug-likeness (QED) is 0.689. The average Bonchev–Trinajstić information content (AvgIpc) is 3.24. The van der Waals surface area contributed by atoms with E-state index in [2.05, 4.69) is 43.0 Å². The van der Waals surface area contributed by atoms with Crippen LogP contribution in [-0.4, -0.2) is 58.5 Å². The summed E-state index contributed by atoms with van der Waals surface area (Å²) in [6, 6.07) is 14.2. The molecule has 1 saturated heterocycles. The van der Waals surface area contributed by atoms with E-state index in [1.54, 1.807) is 18.6 Å². The number of nitrogens with zero attached hydrogens (tertiary/aromatic N) is 6. The number of para-hydroxylation sites is 1. The summed E-state index contributed by atoms with van der Waals surface area (Å²) in [5, 5.41) is 0. The van der Waals surface area contributed by atoms with Crippen molar-refractivity contribution in [1.82, 2.24) is 19.9 Å². The number of fused-ring (bicyclic) bond motifs is 1. The summed E-state index contributed by atoms with van der Waals surface area (Å²) in [6.07, 6.45) is 6.10. The summed E-state index contributed by atoms with van der Waals surface area (Å²) in [5.74, 6) is 1.67. The molecule has 0 atom stereocenters. The first-order chi connectivity index (χ1) is 14.3. The highest BCUT2D eigenvalue weighted by molar-refractivity contribution is 5.92. The lowest BCUT2D eigenvalue weighted by Gasteiger charge is -2.35. The van der Waals surface area contributed by atoms with Crippen LogP contribution in [0.5, 0.6) is 0 Å². The molecule has 2 aromatic heterocycles. The van der Waals surface area contributed by atoms with Gasteiger partial charge in [-0.1, -0.05) is 24.3 Å². The number of rotatable bonds is 3.